The first-order valence-electron chi connectivity index (χ1n) is 12.0. The number of morpholine rings is 1. The van der Waals surface area contributed by atoms with Gasteiger partial charge in [0.2, 0.25) is 0 Å². The van der Waals surface area contributed by atoms with Crippen molar-refractivity contribution in [1.29, 1.82) is 0 Å². The second-order valence-electron chi connectivity index (χ2n) is 8.68. The molecule has 2 aliphatic heterocycles. The minimum atomic E-state index is 0.786. The van der Waals surface area contributed by atoms with Crippen LogP contribution in [0.2, 0.25) is 0 Å². The van der Waals surface area contributed by atoms with Crippen molar-refractivity contribution in [1.82, 2.24) is 9.80 Å². The Labute approximate surface area is 208 Å². The summed E-state index contributed by atoms with van der Waals surface area (Å²) in [5, 5.41) is 4.28. The Morgan fingerprint density at radius 1 is 1.15 bits per heavy atom. The minimum absolute atomic E-state index is 0.786. The first-order chi connectivity index (χ1) is 16.2. The maximum atomic E-state index is 5.92. The van der Waals surface area contributed by atoms with Crippen LogP contribution < -0.4 is 10.2 Å². The number of ether oxygens (including phenoxy) is 1. The van der Waals surface area contributed by atoms with E-state index in [4.69, 9.17) is 17.0 Å². The fraction of sp³-hybridized carbons (Fsp3) is 0.500. The molecule has 2 aromatic rings. The third-order valence-electron chi connectivity index (χ3n) is 6.51. The molecule has 0 unspecified atom stereocenters. The van der Waals surface area contributed by atoms with E-state index in [1.54, 1.807) is 11.8 Å². The van der Waals surface area contributed by atoms with Crippen LogP contribution in [-0.2, 0) is 17.7 Å². The van der Waals surface area contributed by atoms with Crippen molar-refractivity contribution in [2.45, 2.75) is 31.2 Å². The highest BCUT2D eigenvalue weighted by molar-refractivity contribution is 7.98. The first kappa shape index (κ1) is 24.3. The zero-order chi connectivity index (χ0) is 23.0. The maximum Gasteiger partial charge on any atom is 0.173 e. The molecule has 2 heterocycles. The van der Waals surface area contributed by atoms with Gasteiger partial charge in [-0.05, 0) is 73.6 Å². The molecule has 0 spiro atoms. The summed E-state index contributed by atoms with van der Waals surface area (Å²) in [5.74, 6) is 0. The van der Waals surface area contributed by atoms with E-state index in [1.165, 1.54) is 28.1 Å². The lowest BCUT2D eigenvalue weighted by atomic mass is 9.99. The molecule has 0 atom stereocenters. The molecule has 0 aliphatic carbocycles. The Morgan fingerprint density at radius 2 is 2.00 bits per heavy atom. The highest BCUT2D eigenvalue weighted by atomic mass is 32.2. The van der Waals surface area contributed by atoms with E-state index in [-0.39, 0.29) is 0 Å². The van der Waals surface area contributed by atoms with Crippen LogP contribution in [0, 0.1) is 0 Å². The van der Waals surface area contributed by atoms with Crippen LogP contribution in [-0.4, -0.2) is 73.7 Å². The van der Waals surface area contributed by atoms with Crippen molar-refractivity contribution in [2.24, 2.45) is 0 Å². The molecule has 1 saturated heterocycles. The lowest BCUT2D eigenvalue weighted by Gasteiger charge is -2.33. The van der Waals surface area contributed by atoms with E-state index >= 15 is 0 Å². The molecule has 0 radical (unpaired) electrons. The van der Waals surface area contributed by atoms with Gasteiger partial charge >= 0.3 is 0 Å². The smallest absolute Gasteiger partial charge is 0.173 e. The Balaban J connectivity index is 1.48. The summed E-state index contributed by atoms with van der Waals surface area (Å²) in [6.45, 7) is 10.8. The molecule has 0 saturated carbocycles. The summed E-state index contributed by atoms with van der Waals surface area (Å²) in [7, 11) is 0. The van der Waals surface area contributed by atoms with E-state index in [9.17, 15) is 0 Å². The summed E-state index contributed by atoms with van der Waals surface area (Å²) in [4.78, 5) is 8.51. The van der Waals surface area contributed by atoms with Gasteiger partial charge in [-0.2, -0.15) is 0 Å². The van der Waals surface area contributed by atoms with Gasteiger partial charge in [-0.15, -0.1) is 11.8 Å². The predicted octanol–water partition coefficient (Wildman–Crippen LogP) is 4.71. The zero-order valence-corrected chi connectivity index (χ0v) is 21.5. The molecule has 4 rings (SSSR count). The molecule has 178 valence electrons. The van der Waals surface area contributed by atoms with Gasteiger partial charge in [0.15, 0.2) is 5.11 Å². The van der Waals surface area contributed by atoms with E-state index in [1.807, 2.05) is 0 Å². The van der Waals surface area contributed by atoms with Crippen molar-refractivity contribution < 1.29 is 4.74 Å². The maximum absolute atomic E-state index is 5.92. The number of nitrogens with one attached hydrogen (secondary N) is 1. The highest BCUT2D eigenvalue weighted by Gasteiger charge is 2.19. The van der Waals surface area contributed by atoms with Gasteiger partial charge in [-0.25, -0.2) is 0 Å². The summed E-state index contributed by atoms with van der Waals surface area (Å²) in [6.07, 6.45) is 4.50. The molecule has 0 bridgehead atoms. The lowest BCUT2D eigenvalue weighted by Crippen LogP contribution is -2.44. The van der Waals surface area contributed by atoms with E-state index in [2.05, 4.69) is 75.7 Å². The molecule has 0 amide bonds. The summed E-state index contributed by atoms with van der Waals surface area (Å²) in [6, 6.07) is 15.5. The van der Waals surface area contributed by atoms with Crippen molar-refractivity contribution in [3.05, 3.63) is 53.6 Å². The van der Waals surface area contributed by atoms with Gasteiger partial charge in [-0.3, -0.25) is 4.90 Å². The molecule has 2 aromatic carbocycles. The molecule has 7 heteroatoms. The fourth-order valence-corrected chi connectivity index (χ4v) is 5.35. The number of hydrogen-bond acceptors (Lipinski definition) is 5. The van der Waals surface area contributed by atoms with Crippen LogP contribution in [0.1, 0.15) is 24.5 Å². The number of fused-ring (bicyclic) bond motifs is 1. The number of nitrogens with zero attached hydrogens (tertiary/aromatic N) is 3. The first-order valence-corrected chi connectivity index (χ1v) is 13.7. The van der Waals surface area contributed by atoms with Crippen LogP contribution in [0.5, 0.6) is 0 Å². The van der Waals surface area contributed by atoms with Gasteiger partial charge in [0.1, 0.15) is 0 Å². The average molecular weight is 485 g/mol. The van der Waals surface area contributed by atoms with Crippen molar-refractivity contribution in [3.8, 4) is 0 Å². The van der Waals surface area contributed by atoms with E-state index in [0.29, 0.717) is 0 Å². The Bertz CT molecular complexity index is 932. The SMILES string of the molecule is CCN1CCCc2cc(CN(CCN3CCOCC3)C(=S)Nc3cccc(SC)c3)ccc21. The zero-order valence-electron chi connectivity index (χ0n) is 19.9. The molecule has 1 fully saturated rings. The number of aryl methyl sites for hydroxylation is 1. The molecule has 0 aromatic heterocycles. The summed E-state index contributed by atoms with van der Waals surface area (Å²) < 4.78 is 5.52. The number of thioether (sulfide) groups is 1. The second-order valence-corrected chi connectivity index (χ2v) is 9.95. The van der Waals surface area contributed by atoms with Crippen LogP contribution in [0.3, 0.4) is 0 Å². The van der Waals surface area contributed by atoms with Crippen LogP contribution in [0.4, 0.5) is 11.4 Å². The normalized spacial score (nSPS) is 16.4. The van der Waals surface area contributed by atoms with Gasteiger partial charge < -0.3 is 19.9 Å². The van der Waals surface area contributed by atoms with Crippen LogP contribution in [0.15, 0.2) is 47.4 Å². The minimum Gasteiger partial charge on any atom is -0.379 e. The number of anilines is 2. The Morgan fingerprint density at radius 3 is 2.79 bits per heavy atom. The topological polar surface area (TPSA) is 31.0 Å². The van der Waals surface area contributed by atoms with Crippen molar-refractivity contribution in [3.63, 3.8) is 0 Å². The largest absolute Gasteiger partial charge is 0.379 e. The number of benzene rings is 2. The Hall–Kier alpha value is -1.80. The van der Waals surface area contributed by atoms with Crippen LogP contribution >= 0.6 is 24.0 Å². The molecular weight excluding hydrogens is 448 g/mol. The lowest BCUT2D eigenvalue weighted by molar-refractivity contribution is 0.0358. The summed E-state index contributed by atoms with van der Waals surface area (Å²) in [5.41, 5.74) is 5.25. The van der Waals surface area contributed by atoms with Gasteiger partial charge in [0.05, 0.1) is 13.2 Å². The molecule has 2 aliphatic rings. The third-order valence-corrected chi connectivity index (χ3v) is 7.60. The number of thiocarbonyl (C=S) groups is 1. The number of rotatable bonds is 8. The average Bonchev–Trinajstić information content (AvgIpc) is 2.86. The van der Waals surface area contributed by atoms with Gasteiger partial charge in [-0.1, -0.05) is 18.2 Å². The molecule has 5 nitrogen and oxygen atoms in total. The van der Waals surface area contributed by atoms with E-state index in [0.717, 1.165) is 76.2 Å². The molecule has 1 N–H and O–H groups in total. The quantitative estimate of drug-likeness (QED) is 0.429. The monoisotopic (exact) mass is 484 g/mol. The summed E-state index contributed by atoms with van der Waals surface area (Å²) >= 11 is 7.66. The van der Waals surface area contributed by atoms with Gasteiger partial charge in [0.25, 0.3) is 0 Å². The van der Waals surface area contributed by atoms with E-state index < -0.39 is 0 Å². The molecular formula is C26H36N4OS2. The molecule has 33 heavy (non-hydrogen) atoms. The standard InChI is InChI=1S/C26H36N4OS2/c1-3-29-11-5-6-22-18-21(9-10-25(22)29)20-30(13-12-28-14-16-31-17-15-28)26(32)27-23-7-4-8-24(19-23)33-2/h4,7-10,18-19H,3,5-6,11-17,20H2,1-2H3,(H,27,32). The Kier molecular flexibility index (Phi) is 8.89. The fourth-order valence-electron chi connectivity index (χ4n) is 4.62. The third kappa shape index (κ3) is 6.63. The van der Waals surface area contributed by atoms with Crippen molar-refractivity contribution in [2.75, 3.05) is 69.0 Å². The number of hydrogen-bond donors (Lipinski definition) is 1. The van der Waals surface area contributed by atoms with Crippen LogP contribution in [0.25, 0.3) is 0 Å². The predicted molar refractivity (Wildman–Crippen MR) is 145 cm³/mol. The van der Waals surface area contributed by atoms with Crippen molar-refractivity contribution >= 4 is 40.5 Å². The second kappa shape index (κ2) is 12.1. The van der Waals surface area contributed by atoms with Gasteiger partial charge in [0, 0.05) is 62.1 Å². The highest BCUT2D eigenvalue weighted by Crippen LogP contribution is 2.28.